The highest BCUT2D eigenvalue weighted by atomic mass is 16.6. The number of pyridine rings is 1. The molecule has 0 bridgehead atoms. The minimum atomic E-state index is -0.423. The van der Waals surface area contributed by atoms with Gasteiger partial charge in [0.05, 0.1) is 24.0 Å². The number of benzene rings is 2. The Morgan fingerprint density at radius 3 is 2.47 bits per heavy atom. The molecule has 0 saturated heterocycles. The zero-order valence-electron chi connectivity index (χ0n) is 17.3. The molecule has 3 aromatic rings. The fourth-order valence-electron chi connectivity index (χ4n) is 3.36. The van der Waals surface area contributed by atoms with E-state index in [9.17, 15) is 14.9 Å². The van der Waals surface area contributed by atoms with E-state index >= 15 is 0 Å². The second-order valence-corrected chi connectivity index (χ2v) is 7.10. The van der Waals surface area contributed by atoms with Crippen LogP contribution in [0.25, 0.3) is 10.8 Å². The third kappa shape index (κ3) is 4.79. The fourth-order valence-corrected chi connectivity index (χ4v) is 3.36. The van der Waals surface area contributed by atoms with Crippen LogP contribution in [-0.4, -0.2) is 23.2 Å². The van der Waals surface area contributed by atoms with Crippen LogP contribution in [0.15, 0.2) is 53.5 Å². The third-order valence-corrected chi connectivity index (χ3v) is 5.08. The first-order valence-corrected chi connectivity index (χ1v) is 10.1. The average Bonchev–Trinajstić information content (AvgIpc) is 2.76. The van der Waals surface area contributed by atoms with Crippen molar-refractivity contribution in [2.75, 3.05) is 13.7 Å². The van der Waals surface area contributed by atoms with Gasteiger partial charge in [-0.2, -0.15) is 0 Å². The summed E-state index contributed by atoms with van der Waals surface area (Å²) in [7, 11) is 1.59. The minimum absolute atomic E-state index is 0.0574. The van der Waals surface area contributed by atoms with Crippen molar-refractivity contribution in [1.82, 2.24) is 4.57 Å². The van der Waals surface area contributed by atoms with Crippen LogP contribution in [0.2, 0.25) is 0 Å². The van der Waals surface area contributed by atoms with Crippen LogP contribution in [0.4, 0.5) is 5.69 Å². The molecule has 0 spiro atoms. The van der Waals surface area contributed by atoms with Crippen molar-refractivity contribution < 1.29 is 14.4 Å². The molecule has 158 valence electrons. The Bertz CT molecular complexity index is 1070. The van der Waals surface area contributed by atoms with E-state index in [4.69, 9.17) is 9.47 Å². The lowest BCUT2D eigenvalue weighted by Crippen LogP contribution is -2.20. The Hall–Kier alpha value is -3.35. The van der Waals surface area contributed by atoms with E-state index in [0.29, 0.717) is 36.5 Å². The molecule has 1 heterocycles. The van der Waals surface area contributed by atoms with E-state index in [-0.39, 0.29) is 11.2 Å². The van der Waals surface area contributed by atoms with Crippen molar-refractivity contribution in [2.24, 2.45) is 0 Å². The Balaban J connectivity index is 1.82. The molecule has 3 rings (SSSR count). The number of nitrogens with zero attached hydrogens (tertiary/aromatic N) is 2. The summed E-state index contributed by atoms with van der Waals surface area (Å²) in [5.41, 5.74) is 0.889. The fraction of sp³-hybridized carbons (Fsp3) is 0.348. The Kier molecular flexibility index (Phi) is 7.06. The van der Waals surface area contributed by atoms with E-state index in [1.54, 1.807) is 42.1 Å². The number of ether oxygens (including phenoxy) is 2. The smallest absolute Gasteiger partial charge is 0.269 e. The SMILES string of the molecule is CCCCCOc1c(OC)ccc2c(=O)n(CCc3ccc([N+](=O)[O-])cc3)ccc12. The molecule has 0 aliphatic carbocycles. The molecule has 0 N–H and O–H groups in total. The van der Waals surface area contributed by atoms with Crippen LogP contribution < -0.4 is 15.0 Å². The Morgan fingerprint density at radius 1 is 1.03 bits per heavy atom. The molecule has 0 atom stereocenters. The van der Waals surface area contributed by atoms with Crippen LogP contribution in [0.5, 0.6) is 11.5 Å². The number of fused-ring (bicyclic) bond motifs is 1. The maximum atomic E-state index is 13.0. The highest BCUT2D eigenvalue weighted by molar-refractivity contribution is 5.90. The van der Waals surface area contributed by atoms with E-state index < -0.39 is 4.92 Å². The molecule has 0 aliphatic rings. The summed E-state index contributed by atoms with van der Waals surface area (Å²) in [6, 6.07) is 11.8. The maximum absolute atomic E-state index is 13.0. The van der Waals surface area contributed by atoms with E-state index in [0.717, 1.165) is 30.2 Å². The lowest BCUT2D eigenvalue weighted by atomic mass is 10.1. The predicted molar refractivity (Wildman–Crippen MR) is 117 cm³/mol. The average molecular weight is 410 g/mol. The molecule has 1 aromatic heterocycles. The molecule has 30 heavy (non-hydrogen) atoms. The van der Waals surface area contributed by atoms with Gasteiger partial charge in [0.25, 0.3) is 11.2 Å². The van der Waals surface area contributed by atoms with Gasteiger partial charge in [0, 0.05) is 30.3 Å². The van der Waals surface area contributed by atoms with Gasteiger partial charge in [-0.1, -0.05) is 31.9 Å². The second-order valence-electron chi connectivity index (χ2n) is 7.10. The molecule has 0 aliphatic heterocycles. The predicted octanol–water partition coefficient (Wildman–Crippen LogP) is 4.73. The summed E-state index contributed by atoms with van der Waals surface area (Å²) >= 11 is 0. The number of rotatable bonds is 10. The number of non-ortho nitro benzene ring substituents is 1. The number of nitro benzene ring substituents is 1. The molecule has 0 amide bonds. The maximum Gasteiger partial charge on any atom is 0.269 e. The quantitative estimate of drug-likeness (QED) is 0.274. The first kappa shape index (κ1) is 21.4. The van der Waals surface area contributed by atoms with Crippen LogP contribution in [0.1, 0.15) is 31.7 Å². The number of nitro groups is 1. The number of hydrogen-bond donors (Lipinski definition) is 0. The highest BCUT2D eigenvalue weighted by Gasteiger charge is 2.13. The zero-order chi connectivity index (χ0) is 21.5. The molecular formula is C23H26N2O5. The molecule has 7 heteroatoms. The number of methoxy groups -OCH3 is 1. The van der Waals surface area contributed by atoms with Crippen molar-refractivity contribution >= 4 is 16.5 Å². The summed E-state index contributed by atoms with van der Waals surface area (Å²) in [6.07, 6.45) is 5.49. The van der Waals surface area contributed by atoms with Crippen molar-refractivity contribution in [1.29, 1.82) is 0 Å². The largest absolute Gasteiger partial charge is 0.493 e. The summed E-state index contributed by atoms with van der Waals surface area (Å²) in [5.74, 6) is 1.22. The third-order valence-electron chi connectivity index (χ3n) is 5.08. The van der Waals surface area contributed by atoms with Gasteiger partial charge >= 0.3 is 0 Å². The second kappa shape index (κ2) is 9.91. The van der Waals surface area contributed by atoms with E-state index in [1.165, 1.54) is 12.1 Å². The Labute approximate surface area is 175 Å². The number of aryl methyl sites for hydroxylation is 2. The zero-order valence-corrected chi connectivity index (χ0v) is 17.3. The summed E-state index contributed by atoms with van der Waals surface area (Å²) < 4.78 is 13.1. The lowest BCUT2D eigenvalue weighted by Gasteiger charge is -2.14. The van der Waals surface area contributed by atoms with Gasteiger partial charge in [0.1, 0.15) is 0 Å². The van der Waals surface area contributed by atoms with Gasteiger partial charge in [-0.15, -0.1) is 0 Å². The Morgan fingerprint density at radius 2 is 1.80 bits per heavy atom. The van der Waals surface area contributed by atoms with Gasteiger partial charge < -0.3 is 14.0 Å². The summed E-state index contributed by atoms with van der Waals surface area (Å²) in [5, 5.41) is 12.1. The molecular weight excluding hydrogens is 384 g/mol. The van der Waals surface area contributed by atoms with Crippen molar-refractivity contribution in [3.05, 3.63) is 74.7 Å². The molecule has 7 nitrogen and oxygen atoms in total. The first-order chi connectivity index (χ1) is 14.5. The molecule has 0 unspecified atom stereocenters. The van der Waals surface area contributed by atoms with Gasteiger partial charge in [-0.25, -0.2) is 0 Å². The normalized spacial score (nSPS) is 10.9. The van der Waals surface area contributed by atoms with Crippen molar-refractivity contribution in [3.8, 4) is 11.5 Å². The van der Waals surface area contributed by atoms with Gasteiger partial charge in [-0.05, 0) is 36.6 Å². The van der Waals surface area contributed by atoms with Gasteiger partial charge in [0.2, 0.25) is 0 Å². The number of unbranched alkanes of at least 4 members (excludes halogenated alkanes) is 2. The molecule has 0 fully saturated rings. The minimum Gasteiger partial charge on any atom is -0.493 e. The lowest BCUT2D eigenvalue weighted by molar-refractivity contribution is -0.384. The molecule has 0 radical (unpaired) electrons. The van der Waals surface area contributed by atoms with Crippen molar-refractivity contribution in [2.45, 2.75) is 39.2 Å². The first-order valence-electron chi connectivity index (χ1n) is 10.1. The van der Waals surface area contributed by atoms with Crippen LogP contribution in [0, 0.1) is 10.1 Å². The topological polar surface area (TPSA) is 83.6 Å². The van der Waals surface area contributed by atoms with Gasteiger partial charge in [-0.3, -0.25) is 14.9 Å². The van der Waals surface area contributed by atoms with Gasteiger partial charge in [0.15, 0.2) is 11.5 Å². The van der Waals surface area contributed by atoms with E-state index in [2.05, 4.69) is 6.92 Å². The van der Waals surface area contributed by atoms with Crippen molar-refractivity contribution in [3.63, 3.8) is 0 Å². The number of aromatic nitrogens is 1. The van der Waals surface area contributed by atoms with Crippen LogP contribution >= 0.6 is 0 Å². The highest BCUT2D eigenvalue weighted by Crippen LogP contribution is 2.34. The summed E-state index contributed by atoms with van der Waals surface area (Å²) in [4.78, 5) is 23.3. The molecule has 0 saturated carbocycles. The monoisotopic (exact) mass is 410 g/mol. The van der Waals surface area contributed by atoms with Crippen LogP contribution in [-0.2, 0) is 13.0 Å². The summed E-state index contributed by atoms with van der Waals surface area (Å²) in [6.45, 7) is 3.19. The molecule has 2 aromatic carbocycles. The van der Waals surface area contributed by atoms with E-state index in [1.807, 2.05) is 6.07 Å². The standard InChI is InChI=1S/C23H26N2O5/c1-3-4-5-16-30-22-19-13-15-24(23(26)20(19)10-11-21(22)29-2)14-12-17-6-8-18(9-7-17)25(27)28/h6-11,13,15H,3-5,12,14,16H2,1-2H3. The number of hydrogen-bond acceptors (Lipinski definition) is 5. The van der Waals surface area contributed by atoms with Crippen LogP contribution in [0.3, 0.4) is 0 Å².